The lowest BCUT2D eigenvalue weighted by atomic mass is 10.1. The predicted octanol–water partition coefficient (Wildman–Crippen LogP) is 3.69. The largest absolute Gasteiger partial charge is 0.494 e. The average Bonchev–Trinajstić information content (AvgIpc) is 3.21. The fraction of sp³-hybridized carbons (Fsp3) is 0.208. The summed E-state index contributed by atoms with van der Waals surface area (Å²) < 4.78 is 12.9. The smallest absolute Gasteiger partial charge is 0.251 e. The summed E-state index contributed by atoms with van der Waals surface area (Å²) in [7, 11) is 0. The van der Waals surface area contributed by atoms with Crippen LogP contribution in [0, 0.1) is 0 Å². The quantitative estimate of drug-likeness (QED) is 0.421. The second-order valence-corrected chi connectivity index (χ2v) is 6.94. The SMILES string of the molecule is CCOc1ccc(OCCNC(=O)c2ccc(Cn3nnc4ccccc43)cc2)cc1. The molecule has 0 aliphatic heterocycles. The molecular formula is C24H24N4O3. The Morgan fingerprint density at radius 3 is 2.39 bits per heavy atom. The number of fused-ring (bicyclic) bond motifs is 1. The first-order chi connectivity index (χ1) is 15.2. The molecule has 0 saturated carbocycles. The molecule has 0 saturated heterocycles. The van der Waals surface area contributed by atoms with E-state index >= 15 is 0 Å². The van der Waals surface area contributed by atoms with Crippen molar-refractivity contribution in [2.24, 2.45) is 0 Å². The number of aromatic nitrogens is 3. The van der Waals surface area contributed by atoms with Crippen LogP contribution in [0.25, 0.3) is 11.0 Å². The second-order valence-electron chi connectivity index (χ2n) is 6.94. The van der Waals surface area contributed by atoms with Gasteiger partial charge in [-0.2, -0.15) is 0 Å². The Labute approximate surface area is 180 Å². The minimum atomic E-state index is -0.131. The first kappa shape index (κ1) is 20.4. The number of rotatable bonds is 9. The topological polar surface area (TPSA) is 78.3 Å². The van der Waals surface area contributed by atoms with Crippen molar-refractivity contribution >= 4 is 16.9 Å². The van der Waals surface area contributed by atoms with E-state index in [2.05, 4.69) is 15.6 Å². The van der Waals surface area contributed by atoms with Crippen LogP contribution in [0.1, 0.15) is 22.8 Å². The van der Waals surface area contributed by atoms with Crippen LogP contribution in [-0.2, 0) is 6.54 Å². The van der Waals surface area contributed by atoms with Gasteiger partial charge in [0.1, 0.15) is 23.6 Å². The summed E-state index contributed by atoms with van der Waals surface area (Å²) in [6.45, 7) is 3.97. The van der Waals surface area contributed by atoms with Crippen LogP contribution in [0.4, 0.5) is 0 Å². The van der Waals surface area contributed by atoms with Crippen LogP contribution in [0.5, 0.6) is 11.5 Å². The van der Waals surface area contributed by atoms with Gasteiger partial charge in [0.2, 0.25) is 0 Å². The minimum Gasteiger partial charge on any atom is -0.494 e. The van der Waals surface area contributed by atoms with Crippen LogP contribution in [0.2, 0.25) is 0 Å². The van der Waals surface area contributed by atoms with Gasteiger partial charge in [0.05, 0.1) is 25.2 Å². The Bertz CT molecular complexity index is 1140. The number of nitrogens with one attached hydrogen (secondary N) is 1. The van der Waals surface area contributed by atoms with E-state index in [1.165, 1.54) is 0 Å². The number of carbonyl (C=O) groups excluding carboxylic acids is 1. The van der Waals surface area contributed by atoms with Crippen molar-refractivity contribution in [3.8, 4) is 11.5 Å². The summed E-state index contributed by atoms with van der Waals surface area (Å²) in [5.41, 5.74) is 3.50. The summed E-state index contributed by atoms with van der Waals surface area (Å²) in [4.78, 5) is 12.4. The molecule has 4 rings (SSSR count). The molecule has 0 aliphatic rings. The summed E-state index contributed by atoms with van der Waals surface area (Å²) in [5.74, 6) is 1.42. The molecule has 7 nitrogen and oxygen atoms in total. The third-order valence-electron chi connectivity index (χ3n) is 4.76. The van der Waals surface area contributed by atoms with Gasteiger partial charge in [-0.3, -0.25) is 4.79 Å². The summed E-state index contributed by atoms with van der Waals surface area (Å²) in [6, 6.07) is 22.8. The molecule has 0 spiro atoms. The Balaban J connectivity index is 1.25. The molecule has 0 radical (unpaired) electrons. The molecule has 1 aromatic heterocycles. The lowest BCUT2D eigenvalue weighted by Gasteiger charge is -2.09. The number of para-hydroxylation sites is 1. The Morgan fingerprint density at radius 1 is 0.935 bits per heavy atom. The van der Waals surface area contributed by atoms with E-state index in [1.54, 1.807) is 0 Å². The van der Waals surface area contributed by atoms with Gasteiger partial charge in [0, 0.05) is 5.56 Å². The normalized spacial score (nSPS) is 10.7. The molecule has 158 valence electrons. The highest BCUT2D eigenvalue weighted by atomic mass is 16.5. The van der Waals surface area contributed by atoms with Crippen LogP contribution < -0.4 is 14.8 Å². The maximum atomic E-state index is 12.4. The van der Waals surface area contributed by atoms with Crippen molar-refractivity contribution in [1.82, 2.24) is 20.3 Å². The highest BCUT2D eigenvalue weighted by molar-refractivity contribution is 5.94. The number of ether oxygens (including phenoxy) is 2. The molecule has 0 unspecified atom stereocenters. The molecule has 7 heteroatoms. The number of hydrogen-bond acceptors (Lipinski definition) is 5. The van der Waals surface area contributed by atoms with Gasteiger partial charge in [0.15, 0.2) is 0 Å². The molecule has 4 aromatic rings. The van der Waals surface area contributed by atoms with Crippen LogP contribution in [0.3, 0.4) is 0 Å². The fourth-order valence-electron chi connectivity index (χ4n) is 3.20. The molecule has 31 heavy (non-hydrogen) atoms. The van der Waals surface area contributed by atoms with E-state index in [-0.39, 0.29) is 5.91 Å². The van der Waals surface area contributed by atoms with Crippen LogP contribution >= 0.6 is 0 Å². The lowest BCUT2D eigenvalue weighted by Crippen LogP contribution is -2.28. The van der Waals surface area contributed by atoms with E-state index in [0.717, 1.165) is 28.1 Å². The van der Waals surface area contributed by atoms with Crippen molar-refractivity contribution in [2.45, 2.75) is 13.5 Å². The molecule has 3 aromatic carbocycles. The molecule has 0 aliphatic carbocycles. The number of amides is 1. The van der Waals surface area contributed by atoms with E-state index in [1.807, 2.05) is 84.4 Å². The van der Waals surface area contributed by atoms with E-state index in [0.29, 0.717) is 31.9 Å². The Hall–Kier alpha value is -3.87. The summed E-state index contributed by atoms with van der Waals surface area (Å²) in [5, 5.41) is 11.2. The van der Waals surface area contributed by atoms with Gasteiger partial charge in [-0.05, 0) is 61.0 Å². The maximum Gasteiger partial charge on any atom is 0.251 e. The molecule has 1 heterocycles. The van der Waals surface area contributed by atoms with E-state index in [9.17, 15) is 4.79 Å². The minimum absolute atomic E-state index is 0.131. The van der Waals surface area contributed by atoms with Gasteiger partial charge in [-0.1, -0.05) is 29.5 Å². The van der Waals surface area contributed by atoms with Gasteiger partial charge < -0.3 is 14.8 Å². The second kappa shape index (κ2) is 9.75. The summed E-state index contributed by atoms with van der Waals surface area (Å²) >= 11 is 0. The zero-order valence-electron chi connectivity index (χ0n) is 17.3. The van der Waals surface area contributed by atoms with E-state index in [4.69, 9.17) is 9.47 Å². The molecule has 0 atom stereocenters. The van der Waals surface area contributed by atoms with Crippen molar-refractivity contribution in [3.05, 3.63) is 83.9 Å². The fourth-order valence-corrected chi connectivity index (χ4v) is 3.20. The average molecular weight is 416 g/mol. The third kappa shape index (κ3) is 5.19. The maximum absolute atomic E-state index is 12.4. The molecule has 0 bridgehead atoms. The van der Waals surface area contributed by atoms with Gasteiger partial charge in [-0.25, -0.2) is 4.68 Å². The number of benzene rings is 3. The number of hydrogen-bond donors (Lipinski definition) is 1. The predicted molar refractivity (Wildman–Crippen MR) is 119 cm³/mol. The highest BCUT2D eigenvalue weighted by Gasteiger charge is 2.07. The van der Waals surface area contributed by atoms with Crippen molar-refractivity contribution in [2.75, 3.05) is 19.8 Å². The summed E-state index contributed by atoms with van der Waals surface area (Å²) in [6.07, 6.45) is 0. The van der Waals surface area contributed by atoms with Gasteiger partial charge in [-0.15, -0.1) is 5.10 Å². The van der Waals surface area contributed by atoms with Gasteiger partial charge in [0.25, 0.3) is 5.91 Å². The third-order valence-corrected chi connectivity index (χ3v) is 4.76. The first-order valence-electron chi connectivity index (χ1n) is 10.2. The van der Waals surface area contributed by atoms with E-state index < -0.39 is 0 Å². The van der Waals surface area contributed by atoms with Crippen LogP contribution in [0.15, 0.2) is 72.8 Å². The monoisotopic (exact) mass is 416 g/mol. The highest BCUT2D eigenvalue weighted by Crippen LogP contribution is 2.17. The number of nitrogens with zero attached hydrogens (tertiary/aromatic N) is 3. The van der Waals surface area contributed by atoms with Crippen molar-refractivity contribution in [3.63, 3.8) is 0 Å². The zero-order valence-corrected chi connectivity index (χ0v) is 17.3. The molecule has 0 fully saturated rings. The van der Waals surface area contributed by atoms with Crippen molar-refractivity contribution in [1.29, 1.82) is 0 Å². The molecule has 1 amide bonds. The standard InChI is InChI=1S/C24H24N4O3/c1-2-30-20-11-13-21(14-12-20)31-16-15-25-24(29)19-9-7-18(8-10-19)17-28-23-6-4-3-5-22(23)26-27-28/h3-14H,2,15-17H2,1H3,(H,25,29). The van der Waals surface area contributed by atoms with Crippen LogP contribution in [-0.4, -0.2) is 40.7 Å². The lowest BCUT2D eigenvalue weighted by molar-refractivity contribution is 0.0947. The van der Waals surface area contributed by atoms with Crippen molar-refractivity contribution < 1.29 is 14.3 Å². The zero-order chi connectivity index (χ0) is 21.5. The first-order valence-corrected chi connectivity index (χ1v) is 10.2. The molecular weight excluding hydrogens is 392 g/mol. The molecule has 1 N–H and O–H groups in total. The number of carbonyl (C=O) groups is 1. The Kier molecular flexibility index (Phi) is 6.42. The van der Waals surface area contributed by atoms with Gasteiger partial charge >= 0.3 is 0 Å². The Morgan fingerprint density at radius 2 is 1.65 bits per heavy atom.